The van der Waals surface area contributed by atoms with Crippen LogP contribution in [0.2, 0.25) is 0 Å². The molecule has 1 fully saturated rings. The van der Waals surface area contributed by atoms with E-state index in [1.807, 2.05) is 26.0 Å². The van der Waals surface area contributed by atoms with E-state index in [9.17, 15) is 4.79 Å². The van der Waals surface area contributed by atoms with Crippen molar-refractivity contribution in [2.45, 2.75) is 45.6 Å². The molecule has 2 atom stereocenters. The van der Waals surface area contributed by atoms with Crippen LogP contribution in [-0.2, 0) is 0 Å². The first-order valence-corrected chi connectivity index (χ1v) is 6.37. The summed E-state index contributed by atoms with van der Waals surface area (Å²) in [6.45, 7) is 4.58. The summed E-state index contributed by atoms with van der Waals surface area (Å²) in [5, 5.41) is 0. The maximum Gasteiger partial charge on any atom is 0.319 e. The minimum Gasteiger partial charge on any atom is -0.331 e. The summed E-state index contributed by atoms with van der Waals surface area (Å²) in [6, 6.07) is 0.574. The summed E-state index contributed by atoms with van der Waals surface area (Å²) in [5.41, 5.74) is 0. The van der Waals surface area contributed by atoms with E-state index in [2.05, 4.69) is 13.8 Å². The fourth-order valence-electron chi connectivity index (χ4n) is 2.63. The quantitative estimate of drug-likeness (QED) is 0.710. The van der Waals surface area contributed by atoms with Gasteiger partial charge in [-0.25, -0.2) is 4.79 Å². The summed E-state index contributed by atoms with van der Waals surface area (Å²) in [6.07, 6.45) is 4.93. The SMILES string of the molecule is CC(C)C1CCCC(N(C)C(=O)N(C)C)C1. The summed E-state index contributed by atoms with van der Waals surface area (Å²) >= 11 is 0. The first kappa shape index (κ1) is 13.3. The fraction of sp³-hybridized carbons (Fsp3) is 0.923. The van der Waals surface area contributed by atoms with Crippen molar-refractivity contribution in [3.05, 3.63) is 0 Å². The molecular formula is C13H26N2O. The Hall–Kier alpha value is -0.730. The van der Waals surface area contributed by atoms with Gasteiger partial charge in [0.25, 0.3) is 0 Å². The van der Waals surface area contributed by atoms with Gasteiger partial charge < -0.3 is 9.80 Å². The molecule has 1 aliphatic carbocycles. The normalized spacial score (nSPS) is 25.6. The largest absolute Gasteiger partial charge is 0.331 e. The van der Waals surface area contributed by atoms with Crippen LogP contribution in [0.3, 0.4) is 0 Å². The Morgan fingerprint density at radius 1 is 1.19 bits per heavy atom. The van der Waals surface area contributed by atoms with Crippen LogP contribution in [0.25, 0.3) is 0 Å². The highest BCUT2D eigenvalue weighted by Crippen LogP contribution is 2.32. The highest BCUT2D eigenvalue weighted by atomic mass is 16.2. The van der Waals surface area contributed by atoms with Gasteiger partial charge in [0.1, 0.15) is 0 Å². The third kappa shape index (κ3) is 3.13. The summed E-state index contributed by atoms with van der Waals surface area (Å²) < 4.78 is 0. The summed E-state index contributed by atoms with van der Waals surface area (Å²) in [5.74, 6) is 1.53. The molecule has 1 rings (SSSR count). The molecule has 0 saturated heterocycles. The summed E-state index contributed by atoms with van der Waals surface area (Å²) in [7, 11) is 5.58. The Kier molecular flexibility index (Phi) is 4.63. The van der Waals surface area contributed by atoms with Crippen LogP contribution >= 0.6 is 0 Å². The van der Waals surface area contributed by atoms with Crippen molar-refractivity contribution in [1.82, 2.24) is 9.80 Å². The lowest BCUT2D eigenvalue weighted by molar-refractivity contribution is 0.126. The second kappa shape index (κ2) is 5.55. The van der Waals surface area contributed by atoms with Gasteiger partial charge in [-0.3, -0.25) is 0 Å². The van der Waals surface area contributed by atoms with E-state index < -0.39 is 0 Å². The third-order valence-electron chi connectivity index (χ3n) is 3.86. The van der Waals surface area contributed by atoms with E-state index in [0.717, 1.165) is 11.8 Å². The third-order valence-corrected chi connectivity index (χ3v) is 3.86. The van der Waals surface area contributed by atoms with E-state index in [-0.39, 0.29) is 6.03 Å². The zero-order valence-electron chi connectivity index (χ0n) is 11.4. The van der Waals surface area contributed by atoms with E-state index >= 15 is 0 Å². The number of hydrogen-bond acceptors (Lipinski definition) is 1. The maximum atomic E-state index is 11.9. The molecule has 3 nitrogen and oxygen atoms in total. The minimum atomic E-state index is 0.134. The Labute approximate surface area is 99.8 Å². The zero-order valence-corrected chi connectivity index (χ0v) is 11.4. The van der Waals surface area contributed by atoms with Crippen molar-refractivity contribution in [2.24, 2.45) is 11.8 Å². The van der Waals surface area contributed by atoms with Crippen molar-refractivity contribution in [3.8, 4) is 0 Å². The average Bonchev–Trinajstić information content (AvgIpc) is 2.27. The molecule has 2 amide bonds. The fourth-order valence-corrected chi connectivity index (χ4v) is 2.63. The van der Waals surface area contributed by atoms with Gasteiger partial charge in [-0.1, -0.05) is 26.7 Å². The van der Waals surface area contributed by atoms with Crippen molar-refractivity contribution >= 4 is 6.03 Å². The molecule has 2 unspecified atom stereocenters. The minimum absolute atomic E-state index is 0.134. The maximum absolute atomic E-state index is 11.9. The standard InChI is InChI=1S/C13H26N2O/c1-10(2)11-7-6-8-12(9-11)15(5)13(16)14(3)4/h10-12H,6-9H2,1-5H3. The first-order chi connectivity index (χ1) is 7.43. The van der Waals surface area contributed by atoms with Crippen molar-refractivity contribution in [3.63, 3.8) is 0 Å². The Morgan fingerprint density at radius 2 is 1.81 bits per heavy atom. The van der Waals surface area contributed by atoms with Crippen molar-refractivity contribution in [1.29, 1.82) is 0 Å². The Morgan fingerprint density at radius 3 is 2.31 bits per heavy atom. The lowest BCUT2D eigenvalue weighted by atomic mass is 9.79. The van der Waals surface area contributed by atoms with Crippen LogP contribution in [0, 0.1) is 11.8 Å². The molecule has 0 heterocycles. The van der Waals surface area contributed by atoms with Crippen LogP contribution in [-0.4, -0.2) is 43.0 Å². The number of nitrogens with zero attached hydrogens (tertiary/aromatic N) is 2. The molecule has 0 bridgehead atoms. The lowest BCUT2D eigenvalue weighted by Crippen LogP contribution is -2.45. The van der Waals surface area contributed by atoms with Crippen molar-refractivity contribution < 1.29 is 4.79 Å². The van der Waals surface area contributed by atoms with Crippen LogP contribution in [0.15, 0.2) is 0 Å². The molecule has 0 spiro atoms. The Balaban J connectivity index is 2.56. The van der Waals surface area contributed by atoms with E-state index in [1.54, 1.807) is 4.90 Å². The van der Waals surface area contributed by atoms with Gasteiger partial charge in [0.05, 0.1) is 0 Å². The smallest absolute Gasteiger partial charge is 0.319 e. The number of hydrogen-bond donors (Lipinski definition) is 0. The van der Waals surface area contributed by atoms with Crippen LogP contribution < -0.4 is 0 Å². The number of urea groups is 1. The second-order valence-corrected chi connectivity index (χ2v) is 5.61. The molecule has 16 heavy (non-hydrogen) atoms. The average molecular weight is 226 g/mol. The lowest BCUT2D eigenvalue weighted by Gasteiger charge is -2.37. The van der Waals surface area contributed by atoms with Gasteiger partial charge >= 0.3 is 6.03 Å². The van der Waals surface area contributed by atoms with Crippen molar-refractivity contribution in [2.75, 3.05) is 21.1 Å². The summed E-state index contributed by atoms with van der Waals surface area (Å²) in [4.78, 5) is 15.5. The predicted octanol–water partition coefficient (Wildman–Crippen LogP) is 2.81. The van der Waals surface area contributed by atoms with Crippen LogP contribution in [0.4, 0.5) is 4.79 Å². The topological polar surface area (TPSA) is 23.6 Å². The van der Waals surface area contributed by atoms with E-state index in [4.69, 9.17) is 0 Å². The predicted molar refractivity (Wildman–Crippen MR) is 67.4 cm³/mol. The molecule has 1 saturated carbocycles. The van der Waals surface area contributed by atoms with Crippen LogP contribution in [0.5, 0.6) is 0 Å². The van der Waals surface area contributed by atoms with E-state index in [1.165, 1.54) is 25.7 Å². The van der Waals surface area contributed by atoms with Crippen LogP contribution in [0.1, 0.15) is 39.5 Å². The molecule has 94 valence electrons. The monoisotopic (exact) mass is 226 g/mol. The first-order valence-electron chi connectivity index (χ1n) is 6.37. The van der Waals surface area contributed by atoms with Gasteiger partial charge in [-0.05, 0) is 24.7 Å². The highest BCUT2D eigenvalue weighted by molar-refractivity contribution is 5.73. The Bertz CT molecular complexity index is 238. The molecular weight excluding hydrogens is 200 g/mol. The van der Waals surface area contributed by atoms with Gasteiger partial charge in [0.2, 0.25) is 0 Å². The molecule has 0 aromatic carbocycles. The molecule has 1 aliphatic rings. The molecule has 0 radical (unpaired) electrons. The molecule has 0 aromatic rings. The second-order valence-electron chi connectivity index (χ2n) is 5.61. The number of carbonyl (C=O) groups excluding carboxylic acids is 1. The number of carbonyl (C=O) groups is 1. The van der Waals surface area contributed by atoms with Gasteiger partial charge in [0, 0.05) is 27.2 Å². The van der Waals surface area contributed by atoms with Gasteiger partial charge in [-0.2, -0.15) is 0 Å². The van der Waals surface area contributed by atoms with Gasteiger partial charge in [-0.15, -0.1) is 0 Å². The van der Waals surface area contributed by atoms with Gasteiger partial charge in [0.15, 0.2) is 0 Å². The molecule has 3 heteroatoms. The highest BCUT2D eigenvalue weighted by Gasteiger charge is 2.29. The molecule has 0 N–H and O–H groups in total. The van der Waals surface area contributed by atoms with E-state index in [0.29, 0.717) is 6.04 Å². The molecule has 0 aromatic heterocycles. The molecule has 0 aliphatic heterocycles. The number of rotatable bonds is 2. The number of amides is 2. The zero-order chi connectivity index (χ0) is 12.3.